The minimum atomic E-state index is 0.170. The molecular weight excluding hydrogens is 255 g/mol. The van der Waals surface area contributed by atoms with Crippen LogP contribution in [0.2, 0.25) is 10.0 Å². The van der Waals surface area contributed by atoms with Crippen molar-refractivity contribution in [1.29, 1.82) is 0 Å². The van der Waals surface area contributed by atoms with E-state index in [0.29, 0.717) is 16.6 Å². The van der Waals surface area contributed by atoms with Crippen LogP contribution in [-0.4, -0.2) is 11.5 Å². The Balaban J connectivity index is 2.36. The van der Waals surface area contributed by atoms with E-state index in [2.05, 4.69) is 4.98 Å². The Morgan fingerprint density at radius 1 is 1.18 bits per heavy atom. The summed E-state index contributed by atoms with van der Waals surface area (Å²) in [5.74, 6) is 0.170. The van der Waals surface area contributed by atoms with Gasteiger partial charge in [-0.1, -0.05) is 35.3 Å². The minimum absolute atomic E-state index is 0.170. The quantitative estimate of drug-likeness (QED) is 0.857. The first-order valence-corrected chi connectivity index (χ1v) is 6.13. The first kappa shape index (κ1) is 11.0. The second-order valence-corrected chi connectivity index (χ2v) is 4.84. The lowest BCUT2D eigenvalue weighted by Gasteiger charge is -2.10. The maximum absolute atomic E-state index is 6.28. The van der Waals surface area contributed by atoms with Crippen molar-refractivity contribution in [1.82, 2.24) is 4.98 Å². The third-order valence-corrected chi connectivity index (χ3v) is 3.99. The highest BCUT2D eigenvalue weighted by molar-refractivity contribution is 6.44. The van der Waals surface area contributed by atoms with Crippen molar-refractivity contribution < 1.29 is 0 Å². The molecule has 1 atom stereocenters. The molecule has 2 nitrogen and oxygen atoms in total. The molecule has 4 heteroatoms. The number of aromatic nitrogens is 1. The van der Waals surface area contributed by atoms with Crippen molar-refractivity contribution in [3.8, 4) is 11.3 Å². The third-order valence-electron chi connectivity index (χ3n) is 3.19. The zero-order valence-electron chi connectivity index (χ0n) is 8.95. The van der Waals surface area contributed by atoms with Crippen LogP contribution in [0.1, 0.15) is 17.0 Å². The summed E-state index contributed by atoms with van der Waals surface area (Å²) >= 11 is 12.3. The summed E-state index contributed by atoms with van der Waals surface area (Å²) in [5, 5.41) is 1.12. The highest BCUT2D eigenvalue weighted by atomic mass is 35.5. The van der Waals surface area contributed by atoms with Gasteiger partial charge in [0.1, 0.15) is 0 Å². The fourth-order valence-electron chi connectivity index (χ4n) is 2.43. The van der Waals surface area contributed by atoms with Crippen LogP contribution in [0.4, 0.5) is 0 Å². The summed E-state index contributed by atoms with van der Waals surface area (Å²) in [7, 11) is 0. The Hall–Kier alpha value is -1.09. The van der Waals surface area contributed by atoms with E-state index < -0.39 is 0 Å². The largest absolute Gasteiger partial charge is 0.330 e. The van der Waals surface area contributed by atoms with E-state index in [1.165, 1.54) is 0 Å². The number of fused-ring (bicyclic) bond motifs is 3. The molecule has 1 aliphatic rings. The second-order valence-electron chi connectivity index (χ2n) is 4.06. The van der Waals surface area contributed by atoms with Crippen LogP contribution < -0.4 is 5.73 Å². The summed E-state index contributed by atoms with van der Waals surface area (Å²) in [6.07, 6.45) is 1.76. The van der Waals surface area contributed by atoms with E-state index in [-0.39, 0.29) is 5.92 Å². The van der Waals surface area contributed by atoms with Crippen molar-refractivity contribution in [2.45, 2.75) is 5.92 Å². The minimum Gasteiger partial charge on any atom is -0.330 e. The van der Waals surface area contributed by atoms with E-state index in [0.717, 1.165) is 22.4 Å². The topological polar surface area (TPSA) is 38.9 Å². The number of hydrogen-bond donors (Lipinski definition) is 1. The molecular formula is C13H10Cl2N2. The summed E-state index contributed by atoms with van der Waals surface area (Å²) in [6.45, 7) is 0.545. The molecule has 1 heterocycles. The molecule has 1 aliphatic carbocycles. The number of nitrogens with zero attached hydrogens (tertiary/aromatic N) is 1. The smallest absolute Gasteiger partial charge is 0.0759 e. The first-order valence-electron chi connectivity index (χ1n) is 5.37. The lowest BCUT2D eigenvalue weighted by Crippen LogP contribution is -2.11. The number of hydrogen-bond acceptors (Lipinski definition) is 2. The molecule has 0 spiro atoms. The van der Waals surface area contributed by atoms with Crippen molar-refractivity contribution in [3.63, 3.8) is 0 Å². The maximum Gasteiger partial charge on any atom is 0.0759 e. The van der Waals surface area contributed by atoms with Crippen LogP contribution in [0.15, 0.2) is 30.5 Å². The Kier molecular flexibility index (Phi) is 2.58. The zero-order valence-corrected chi connectivity index (χ0v) is 10.5. The Bertz CT molecular complexity index is 596. The van der Waals surface area contributed by atoms with Gasteiger partial charge in [0.2, 0.25) is 0 Å². The molecule has 2 aromatic rings. The first-order chi connectivity index (χ1) is 8.24. The highest BCUT2D eigenvalue weighted by Gasteiger charge is 2.31. The molecule has 0 bridgehead atoms. The monoisotopic (exact) mass is 264 g/mol. The van der Waals surface area contributed by atoms with Gasteiger partial charge in [-0.05, 0) is 23.3 Å². The van der Waals surface area contributed by atoms with Crippen LogP contribution in [0.25, 0.3) is 11.3 Å². The molecule has 86 valence electrons. The molecule has 17 heavy (non-hydrogen) atoms. The molecule has 0 saturated heterocycles. The molecule has 0 radical (unpaired) electrons. The number of halogens is 2. The molecule has 2 N–H and O–H groups in total. The summed E-state index contributed by atoms with van der Waals surface area (Å²) in [5.41, 5.74) is 9.95. The van der Waals surface area contributed by atoms with Crippen LogP contribution in [0.3, 0.4) is 0 Å². The summed E-state index contributed by atoms with van der Waals surface area (Å²) < 4.78 is 0. The van der Waals surface area contributed by atoms with E-state index in [4.69, 9.17) is 28.9 Å². The molecule has 1 unspecified atom stereocenters. The molecule has 3 rings (SSSR count). The second kappa shape index (κ2) is 3.98. The molecule has 1 aromatic carbocycles. The van der Waals surface area contributed by atoms with Gasteiger partial charge in [-0.25, -0.2) is 0 Å². The number of pyridine rings is 1. The predicted molar refractivity (Wildman–Crippen MR) is 70.6 cm³/mol. The van der Waals surface area contributed by atoms with E-state index >= 15 is 0 Å². The van der Waals surface area contributed by atoms with Crippen LogP contribution in [0, 0.1) is 0 Å². The van der Waals surface area contributed by atoms with Gasteiger partial charge in [0.05, 0.1) is 15.7 Å². The Morgan fingerprint density at radius 2 is 2.00 bits per heavy atom. The summed E-state index contributed by atoms with van der Waals surface area (Å²) in [6, 6.07) is 7.77. The standard InChI is InChI=1S/C13H10Cl2N2/c14-10-4-3-7-9(6-16)8-2-1-5-17-13(8)11(7)12(10)15/h1-5,9H,6,16H2. The van der Waals surface area contributed by atoms with Crippen LogP contribution in [0.5, 0.6) is 0 Å². The highest BCUT2D eigenvalue weighted by Crippen LogP contribution is 2.48. The Morgan fingerprint density at radius 3 is 2.76 bits per heavy atom. The van der Waals surface area contributed by atoms with Gasteiger partial charge in [0.25, 0.3) is 0 Å². The average molecular weight is 265 g/mol. The SMILES string of the molecule is NCC1c2cccnc2-c2c1ccc(Cl)c2Cl. The lowest BCUT2D eigenvalue weighted by molar-refractivity contribution is 0.839. The van der Waals surface area contributed by atoms with E-state index in [9.17, 15) is 0 Å². The fourth-order valence-corrected chi connectivity index (χ4v) is 2.85. The normalized spacial score (nSPS) is 16.8. The fraction of sp³-hybridized carbons (Fsp3) is 0.154. The van der Waals surface area contributed by atoms with Gasteiger partial charge < -0.3 is 5.73 Å². The molecule has 0 amide bonds. The molecule has 0 saturated carbocycles. The zero-order chi connectivity index (χ0) is 12.0. The van der Waals surface area contributed by atoms with Gasteiger partial charge >= 0.3 is 0 Å². The third kappa shape index (κ3) is 1.48. The van der Waals surface area contributed by atoms with Crippen molar-refractivity contribution in [3.05, 3.63) is 51.6 Å². The van der Waals surface area contributed by atoms with Crippen LogP contribution in [-0.2, 0) is 0 Å². The maximum atomic E-state index is 6.28. The van der Waals surface area contributed by atoms with Crippen molar-refractivity contribution in [2.75, 3.05) is 6.54 Å². The number of rotatable bonds is 1. The average Bonchev–Trinajstić information content (AvgIpc) is 2.68. The van der Waals surface area contributed by atoms with Crippen molar-refractivity contribution >= 4 is 23.2 Å². The lowest BCUT2D eigenvalue weighted by atomic mass is 9.98. The summed E-state index contributed by atoms with van der Waals surface area (Å²) in [4.78, 5) is 4.40. The molecule has 1 aromatic heterocycles. The van der Waals surface area contributed by atoms with Crippen molar-refractivity contribution in [2.24, 2.45) is 5.73 Å². The van der Waals surface area contributed by atoms with Gasteiger partial charge in [0, 0.05) is 24.2 Å². The molecule has 0 fully saturated rings. The van der Waals surface area contributed by atoms with Crippen LogP contribution >= 0.6 is 23.2 Å². The van der Waals surface area contributed by atoms with Gasteiger partial charge in [-0.2, -0.15) is 0 Å². The Labute approximate surface area is 109 Å². The number of nitrogens with two attached hydrogens (primary N) is 1. The number of benzene rings is 1. The van der Waals surface area contributed by atoms with Gasteiger partial charge in [-0.15, -0.1) is 0 Å². The predicted octanol–water partition coefficient (Wildman–Crippen LogP) is 3.46. The van der Waals surface area contributed by atoms with E-state index in [1.807, 2.05) is 24.3 Å². The van der Waals surface area contributed by atoms with Gasteiger partial charge in [-0.3, -0.25) is 4.98 Å². The van der Waals surface area contributed by atoms with Gasteiger partial charge in [0.15, 0.2) is 0 Å². The molecule has 0 aliphatic heterocycles. The van der Waals surface area contributed by atoms with E-state index in [1.54, 1.807) is 6.20 Å².